The summed E-state index contributed by atoms with van der Waals surface area (Å²) in [6, 6.07) is 8.90. The van der Waals surface area contributed by atoms with Gasteiger partial charge in [-0.2, -0.15) is 0 Å². The number of benzene rings is 1. The minimum atomic E-state index is -3.53. The highest BCUT2D eigenvalue weighted by molar-refractivity contribution is 7.91. The van der Waals surface area contributed by atoms with Crippen molar-refractivity contribution in [2.24, 2.45) is 0 Å². The number of hydrogen-bond acceptors (Lipinski definition) is 11. The quantitative estimate of drug-likeness (QED) is 0.326. The fraction of sp³-hybridized carbons (Fsp3) is 0.517. The molecule has 2 heterocycles. The topological polar surface area (TPSA) is 185 Å². The standard InChI is InChI=1S/C29H37N5O9S/c1-2-42-29(39)43-34-16-14-33(15-17-34)28(38)23(12-13-25(35)36)32-27(37)24-18-21(19-44(40,41)22-10-6-7-11-22)30-26(31-24)20-8-4-3-5-9-20/h3-5,8-9,18,22-23H,2,6-7,10-17,19H2,1H3,(H,32,37)(H,35,36)/t23-/m0/s1. The number of sulfone groups is 1. The van der Waals surface area contributed by atoms with E-state index in [0.717, 1.165) is 12.8 Å². The number of ether oxygens (including phenoxy) is 1. The molecule has 2 aromatic rings. The zero-order chi connectivity index (χ0) is 31.7. The van der Waals surface area contributed by atoms with Gasteiger partial charge in [0.2, 0.25) is 5.91 Å². The van der Waals surface area contributed by atoms with Gasteiger partial charge in [-0.15, -0.1) is 5.06 Å². The number of carboxylic acids is 1. The van der Waals surface area contributed by atoms with Gasteiger partial charge in [0.25, 0.3) is 5.91 Å². The van der Waals surface area contributed by atoms with Crippen LogP contribution >= 0.6 is 0 Å². The average molecular weight is 632 g/mol. The van der Waals surface area contributed by atoms with E-state index >= 15 is 0 Å². The zero-order valence-corrected chi connectivity index (χ0v) is 25.3. The van der Waals surface area contributed by atoms with Crippen LogP contribution in [0.3, 0.4) is 0 Å². The van der Waals surface area contributed by atoms with E-state index < -0.39 is 45.1 Å². The number of carbonyl (C=O) groups is 4. The Balaban J connectivity index is 1.53. The van der Waals surface area contributed by atoms with E-state index in [-0.39, 0.29) is 68.6 Å². The second-order valence-corrected chi connectivity index (χ2v) is 12.9. The predicted octanol–water partition coefficient (Wildman–Crippen LogP) is 2.20. The number of nitrogens with one attached hydrogen (secondary N) is 1. The fourth-order valence-electron chi connectivity index (χ4n) is 5.20. The van der Waals surface area contributed by atoms with Gasteiger partial charge < -0.3 is 24.9 Å². The van der Waals surface area contributed by atoms with Crippen LogP contribution in [0, 0.1) is 0 Å². The molecule has 1 aromatic heterocycles. The molecule has 238 valence electrons. The van der Waals surface area contributed by atoms with Crippen molar-refractivity contribution in [1.82, 2.24) is 25.2 Å². The molecule has 14 nitrogen and oxygen atoms in total. The SMILES string of the molecule is CCOC(=O)ON1CCN(C(=O)[C@H](CCC(=O)O)NC(=O)c2cc(CS(=O)(=O)C3CCCC3)nc(-c3ccccc3)n2)CC1. The van der Waals surface area contributed by atoms with Crippen LogP contribution < -0.4 is 5.32 Å². The van der Waals surface area contributed by atoms with Crippen LogP contribution in [0.5, 0.6) is 0 Å². The third-order valence-corrected chi connectivity index (χ3v) is 9.65. The van der Waals surface area contributed by atoms with Gasteiger partial charge in [0.15, 0.2) is 15.7 Å². The van der Waals surface area contributed by atoms with E-state index in [0.29, 0.717) is 18.4 Å². The highest BCUT2D eigenvalue weighted by Crippen LogP contribution is 2.27. The summed E-state index contributed by atoms with van der Waals surface area (Å²) in [5, 5.41) is 12.8. The number of aliphatic carboxylic acids is 1. The molecule has 2 amide bonds. The highest BCUT2D eigenvalue weighted by Gasteiger charge is 2.32. The summed E-state index contributed by atoms with van der Waals surface area (Å²) in [6.45, 7) is 2.50. The number of carbonyl (C=O) groups excluding carboxylic acids is 3. The Bertz CT molecular complexity index is 1440. The Morgan fingerprint density at radius 3 is 2.36 bits per heavy atom. The molecule has 15 heteroatoms. The van der Waals surface area contributed by atoms with Crippen molar-refractivity contribution >= 4 is 33.8 Å². The summed E-state index contributed by atoms with van der Waals surface area (Å²) < 4.78 is 31.0. The number of carboxylic acid groups (broad SMARTS) is 1. The Hall–Kier alpha value is -4.11. The summed E-state index contributed by atoms with van der Waals surface area (Å²) in [5.41, 5.74) is 0.585. The van der Waals surface area contributed by atoms with Gasteiger partial charge in [0.05, 0.1) is 36.4 Å². The molecule has 4 rings (SSSR count). The average Bonchev–Trinajstić information content (AvgIpc) is 3.56. The Morgan fingerprint density at radius 1 is 1.05 bits per heavy atom. The zero-order valence-electron chi connectivity index (χ0n) is 24.5. The second-order valence-electron chi connectivity index (χ2n) is 10.6. The molecule has 1 aromatic carbocycles. The van der Waals surface area contributed by atoms with E-state index in [9.17, 15) is 32.7 Å². The first-order valence-electron chi connectivity index (χ1n) is 14.6. The van der Waals surface area contributed by atoms with Crippen LogP contribution in [0.15, 0.2) is 36.4 Å². The van der Waals surface area contributed by atoms with Crippen LogP contribution in [-0.4, -0.2) is 101 Å². The first kappa shape index (κ1) is 32.8. The van der Waals surface area contributed by atoms with Gasteiger partial charge in [-0.1, -0.05) is 43.2 Å². The minimum Gasteiger partial charge on any atom is -0.481 e. The van der Waals surface area contributed by atoms with E-state index in [1.807, 2.05) is 0 Å². The van der Waals surface area contributed by atoms with E-state index in [1.165, 1.54) is 16.0 Å². The lowest BCUT2D eigenvalue weighted by Crippen LogP contribution is -2.55. The van der Waals surface area contributed by atoms with Gasteiger partial charge in [0, 0.05) is 25.1 Å². The third-order valence-electron chi connectivity index (χ3n) is 7.47. The van der Waals surface area contributed by atoms with Gasteiger partial charge in [0.1, 0.15) is 11.7 Å². The van der Waals surface area contributed by atoms with Crippen molar-refractivity contribution in [3.05, 3.63) is 47.8 Å². The van der Waals surface area contributed by atoms with Crippen LogP contribution in [0.4, 0.5) is 4.79 Å². The lowest BCUT2D eigenvalue weighted by Gasteiger charge is -2.35. The molecule has 0 radical (unpaired) electrons. The molecule has 44 heavy (non-hydrogen) atoms. The van der Waals surface area contributed by atoms with Crippen molar-refractivity contribution < 1.29 is 42.3 Å². The van der Waals surface area contributed by atoms with E-state index in [1.54, 1.807) is 37.3 Å². The Kier molecular flexibility index (Phi) is 11.2. The number of rotatable bonds is 12. The maximum atomic E-state index is 13.5. The van der Waals surface area contributed by atoms with Crippen LogP contribution in [-0.2, 0) is 34.8 Å². The Labute approximate surface area is 255 Å². The molecule has 1 aliphatic carbocycles. The lowest BCUT2D eigenvalue weighted by molar-refractivity contribution is -0.157. The van der Waals surface area contributed by atoms with Crippen LogP contribution in [0.2, 0.25) is 0 Å². The summed E-state index contributed by atoms with van der Waals surface area (Å²) in [5.74, 6) is -2.62. The molecule has 0 spiro atoms. The van der Waals surface area contributed by atoms with Crippen molar-refractivity contribution in [3.8, 4) is 11.4 Å². The number of hydrogen-bond donors (Lipinski definition) is 2. The number of aromatic nitrogens is 2. The van der Waals surface area contributed by atoms with Crippen molar-refractivity contribution in [3.63, 3.8) is 0 Å². The predicted molar refractivity (Wildman–Crippen MR) is 157 cm³/mol. The van der Waals surface area contributed by atoms with Gasteiger partial charge in [-0.25, -0.2) is 23.2 Å². The molecule has 1 saturated carbocycles. The maximum Gasteiger partial charge on any atom is 0.527 e. The molecular formula is C29H37N5O9S. The monoisotopic (exact) mass is 631 g/mol. The molecule has 0 unspecified atom stereocenters. The second kappa shape index (κ2) is 15.1. The summed E-state index contributed by atoms with van der Waals surface area (Å²) in [6.07, 6.45) is 1.44. The van der Waals surface area contributed by atoms with Gasteiger partial charge in [-0.3, -0.25) is 14.4 Å². The Morgan fingerprint density at radius 2 is 1.73 bits per heavy atom. The minimum absolute atomic E-state index is 0.142. The molecule has 1 aliphatic heterocycles. The van der Waals surface area contributed by atoms with E-state index in [2.05, 4.69) is 15.3 Å². The third kappa shape index (κ3) is 8.95. The number of amides is 2. The maximum absolute atomic E-state index is 13.5. The normalized spacial score (nSPS) is 16.7. The molecular weight excluding hydrogens is 594 g/mol. The van der Waals surface area contributed by atoms with Crippen LogP contribution in [0.1, 0.15) is 61.6 Å². The summed E-state index contributed by atoms with van der Waals surface area (Å²) in [4.78, 5) is 65.3. The fourth-order valence-corrected chi connectivity index (χ4v) is 7.05. The molecule has 2 aliphatic rings. The lowest BCUT2D eigenvalue weighted by atomic mass is 10.1. The number of nitrogens with zero attached hydrogens (tertiary/aromatic N) is 4. The largest absolute Gasteiger partial charge is 0.527 e. The molecule has 2 fully saturated rings. The molecule has 0 bridgehead atoms. The summed E-state index contributed by atoms with van der Waals surface area (Å²) >= 11 is 0. The first-order valence-corrected chi connectivity index (χ1v) is 16.3. The van der Waals surface area contributed by atoms with Gasteiger partial charge in [-0.05, 0) is 32.3 Å². The van der Waals surface area contributed by atoms with Crippen LogP contribution in [0.25, 0.3) is 11.4 Å². The van der Waals surface area contributed by atoms with Gasteiger partial charge >= 0.3 is 12.1 Å². The number of piperazine rings is 1. The van der Waals surface area contributed by atoms with Crippen molar-refractivity contribution in [2.75, 3.05) is 32.8 Å². The van der Waals surface area contributed by atoms with Crippen molar-refractivity contribution in [2.45, 2.75) is 62.5 Å². The summed E-state index contributed by atoms with van der Waals surface area (Å²) in [7, 11) is -3.53. The first-order chi connectivity index (χ1) is 21.1. The molecule has 2 N–H and O–H groups in total. The van der Waals surface area contributed by atoms with Crippen molar-refractivity contribution in [1.29, 1.82) is 0 Å². The van der Waals surface area contributed by atoms with E-state index in [4.69, 9.17) is 9.57 Å². The number of hydroxylamine groups is 2. The molecule has 1 saturated heterocycles. The smallest absolute Gasteiger partial charge is 0.481 e. The molecule has 1 atom stereocenters. The highest BCUT2D eigenvalue weighted by atomic mass is 32.2.